The number of hydrazine groups is 1. The molecule has 236 valence electrons. The van der Waals surface area contributed by atoms with Crippen LogP contribution in [-0.4, -0.2) is 58.7 Å². The number of pyridine rings is 3. The average Bonchev–Trinajstić information content (AvgIpc) is 3.05. The Hall–Kier alpha value is -4.61. The quantitative estimate of drug-likeness (QED) is 0.158. The van der Waals surface area contributed by atoms with Gasteiger partial charge < -0.3 is 18.9 Å². The third-order valence-corrected chi connectivity index (χ3v) is 6.99. The number of nitrogens with one attached hydrogen (secondary N) is 2. The van der Waals surface area contributed by atoms with Crippen molar-refractivity contribution in [3.05, 3.63) is 72.7 Å². The van der Waals surface area contributed by atoms with Gasteiger partial charge in [-0.2, -0.15) is 0 Å². The molecule has 0 bridgehead atoms. The van der Waals surface area contributed by atoms with Crippen molar-refractivity contribution in [2.45, 2.75) is 64.8 Å². The summed E-state index contributed by atoms with van der Waals surface area (Å²) in [4.78, 5) is 38.6. The monoisotopic (exact) mass is 613 g/mol. The highest BCUT2D eigenvalue weighted by Crippen LogP contribution is 2.27. The second-order valence-corrected chi connectivity index (χ2v) is 11.7. The zero-order valence-corrected chi connectivity index (χ0v) is 25.9. The van der Waals surface area contributed by atoms with Gasteiger partial charge in [-0.15, -0.1) is 0 Å². The fraction of sp³-hybridized carbons (Fsp3) is 0.382. The van der Waals surface area contributed by atoms with Crippen LogP contribution in [0.25, 0.3) is 33.4 Å². The summed E-state index contributed by atoms with van der Waals surface area (Å²) in [7, 11) is 0. The minimum atomic E-state index is -0.762. The molecule has 2 N–H and O–H groups in total. The maximum Gasteiger partial charge on any atom is 0.426 e. The maximum absolute atomic E-state index is 13.1. The van der Waals surface area contributed by atoms with Crippen LogP contribution < -0.4 is 15.6 Å². The zero-order valence-electron chi connectivity index (χ0n) is 25.9. The van der Waals surface area contributed by atoms with Crippen LogP contribution in [0.2, 0.25) is 0 Å². The fourth-order valence-electron chi connectivity index (χ4n) is 4.78. The zero-order chi connectivity index (χ0) is 31.6. The number of ether oxygens (including phenoxy) is 4. The summed E-state index contributed by atoms with van der Waals surface area (Å²) in [6, 6.07) is 15.0. The van der Waals surface area contributed by atoms with Crippen LogP contribution in [0, 0.1) is 0 Å². The molecule has 3 aromatic heterocycles. The van der Waals surface area contributed by atoms with E-state index < -0.39 is 17.6 Å². The van der Waals surface area contributed by atoms with Gasteiger partial charge in [0, 0.05) is 42.1 Å². The van der Waals surface area contributed by atoms with Gasteiger partial charge in [0.05, 0.1) is 35.3 Å². The largest absolute Gasteiger partial charge is 0.492 e. The van der Waals surface area contributed by atoms with Crippen molar-refractivity contribution in [2.24, 2.45) is 0 Å². The van der Waals surface area contributed by atoms with Crippen molar-refractivity contribution in [1.82, 2.24) is 25.8 Å². The Morgan fingerprint density at radius 1 is 0.933 bits per heavy atom. The van der Waals surface area contributed by atoms with Gasteiger partial charge in [0.15, 0.2) is 6.29 Å². The first-order valence-corrected chi connectivity index (χ1v) is 15.2. The van der Waals surface area contributed by atoms with E-state index in [0.717, 1.165) is 49.1 Å². The van der Waals surface area contributed by atoms with E-state index in [1.165, 1.54) is 6.42 Å². The van der Waals surface area contributed by atoms with Gasteiger partial charge in [0.25, 0.3) is 5.91 Å². The van der Waals surface area contributed by atoms with Crippen molar-refractivity contribution >= 4 is 22.9 Å². The third kappa shape index (κ3) is 9.19. The van der Waals surface area contributed by atoms with E-state index in [-0.39, 0.29) is 6.29 Å². The van der Waals surface area contributed by atoms with E-state index in [4.69, 9.17) is 23.9 Å². The summed E-state index contributed by atoms with van der Waals surface area (Å²) in [5, 5.41) is 0.551. The highest BCUT2D eigenvalue weighted by Gasteiger charge is 2.19. The number of rotatable bonds is 10. The van der Waals surface area contributed by atoms with Crippen LogP contribution >= 0.6 is 0 Å². The molecule has 0 saturated carbocycles. The summed E-state index contributed by atoms with van der Waals surface area (Å²) in [5.74, 6) is 0.196. The molecule has 4 aromatic rings. The molecule has 1 aromatic carbocycles. The first kappa shape index (κ1) is 31.8. The Balaban J connectivity index is 1.18. The molecule has 11 nitrogen and oxygen atoms in total. The molecule has 4 heterocycles. The van der Waals surface area contributed by atoms with Crippen molar-refractivity contribution < 1.29 is 28.5 Å². The topological polar surface area (TPSA) is 134 Å². The lowest BCUT2D eigenvalue weighted by Crippen LogP contribution is -2.44. The van der Waals surface area contributed by atoms with Crippen molar-refractivity contribution in [3.63, 3.8) is 0 Å². The minimum absolute atomic E-state index is 0.0503. The molecule has 45 heavy (non-hydrogen) atoms. The Labute approximate surface area is 262 Å². The first-order chi connectivity index (χ1) is 21.7. The van der Waals surface area contributed by atoms with Gasteiger partial charge >= 0.3 is 6.09 Å². The molecule has 5 rings (SSSR count). The Morgan fingerprint density at radius 3 is 2.42 bits per heavy atom. The van der Waals surface area contributed by atoms with Crippen molar-refractivity contribution in [2.75, 3.05) is 19.8 Å². The predicted octanol–water partition coefficient (Wildman–Crippen LogP) is 6.23. The molecule has 0 radical (unpaired) electrons. The summed E-state index contributed by atoms with van der Waals surface area (Å²) < 4.78 is 22.4. The summed E-state index contributed by atoms with van der Waals surface area (Å²) in [6.07, 6.45) is 9.16. The van der Waals surface area contributed by atoms with E-state index in [0.29, 0.717) is 41.1 Å². The number of benzene rings is 1. The van der Waals surface area contributed by atoms with Crippen LogP contribution in [-0.2, 0) is 14.2 Å². The number of carbonyl (C=O) groups is 2. The number of fused-ring (bicyclic) bond motifs is 1. The highest BCUT2D eigenvalue weighted by molar-refractivity contribution is 6.07. The van der Waals surface area contributed by atoms with Crippen LogP contribution in [0.5, 0.6) is 5.75 Å². The molecule has 2 amide bonds. The smallest absolute Gasteiger partial charge is 0.426 e. The molecule has 0 spiro atoms. The second kappa shape index (κ2) is 14.9. The van der Waals surface area contributed by atoms with Gasteiger partial charge in [-0.25, -0.2) is 15.2 Å². The molecule has 1 aliphatic heterocycles. The Morgan fingerprint density at radius 2 is 1.71 bits per heavy atom. The lowest BCUT2D eigenvalue weighted by Gasteiger charge is -2.22. The molecular formula is C34H39N5O6. The Bertz CT molecular complexity index is 1580. The number of hydrogen-bond acceptors (Lipinski definition) is 9. The van der Waals surface area contributed by atoms with E-state index >= 15 is 0 Å². The summed E-state index contributed by atoms with van der Waals surface area (Å²) in [6.45, 7) is 7.27. The third-order valence-electron chi connectivity index (χ3n) is 6.99. The van der Waals surface area contributed by atoms with E-state index in [1.54, 1.807) is 51.5 Å². The first-order valence-electron chi connectivity index (χ1n) is 15.2. The molecule has 1 aliphatic rings. The lowest BCUT2D eigenvalue weighted by molar-refractivity contribution is -0.162. The van der Waals surface area contributed by atoms with E-state index in [2.05, 4.69) is 20.8 Å². The predicted molar refractivity (Wildman–Crippen MR) is 169 cm³/mol. The maximum atomic E-state index is 13.1. The van der Waals surface area contributed by atoms with E-state index in [9.17, 15) is 9.59 Å². The van der Waals surface area contributed by atoms with Gasteiger partial charge in [-0.3, -0.25) is 20.2 Å². The highest BCUT2D eigenvalue weighted by atomic mass is 16.7. The normalized spacial score (nSPS) is 15.0. The van der Waals surface area contributed by atoms with Crippen LogP contribution in [0.3, 0.4) is 0 Å². The van der Waals surface area contributed by atoms with Gasteiger partial charge in [0.2, 0.25) is 0 Å². The molecule has 0 aliphatic carbocycles. The number of nitrogens with zero attached hydrogens (tertiary/aromatic N) is 3. The van der Waals surface area contributed by atoms with Crippen LogP contribution in [0.1, 0.15) is 63.2 Å². The number of carbonyl (C=O) groups excluding carboxylic acids is 2. The molecule has 1 fully saturated rings. The SMILES string of the molecule is CC(C)(C)OC(=O)NNC(=O)c1cc(-c2ccc(-c3ccc(OCCCCOC4CCCCO4)cn3)cc2)nc2ccncc12. The lowest BCUT2D eigenvalue weighted by atomic mass is 10.0. The number of amides is 2. The van der Waals surface area contributed by atoms with Crippen LogP contribution in [0.15, 0.2) is 67.1 Å². The number of aromatic nitrogens is 3. The summed E-state index contributed by atoms with van der Waals surface area (Å²) >= 11 is 0. The van der Waals surface area contributed by atoms with Crippen molar-refractivity contribution in [1.29, 1.82) is 0 Å². The standard InChI is InChI=1S/C34H39N5O6/c1-34(2,3)45-33(41)39-38-32(40)26-20-30(37-29-15-16-35-22-27(26)29)24-11-9-23(10-12-24)28-14-13-25(21-36-28)42-17-6-7-19-44-31-8-4-5-18-43-31/h9-16,20-22,31H,4-8,17-19H2,1-3H3,(H,38,40)(H,39,41). The molecule has 11 heteroatoms. The average molecular weight is 614 g/mol. The number of unbranched alkanes of at least 4 members (excludes halogenated alkanes) is 1. The minimum Gasteiger partial charge on any atom is -0.492 e. The Kier molecular flexibility index (Phi) is 10.5. The van der Waals surface area contributed by atoms with Crippen molar-refractivity contribution in [3.8, 4) is 28.3 Å². The second-order valence-electron chi connectivity index (χ2n) is 11.7. The molecular weight excluding hydrogens is 574 g/mol. The molecule has 1 atom stereocenters. The van der Waals surface area contributed by atoms with Gasteiger partial charge in [-0.1, -0.05) is 24.3 Å². The van der Waals surface area contributed by atoms with Gasteiger partial charge in [-0.05, 0) is 77.1 Å². The van der Waals surface area contributed by atoms with Crippen LogP contribution in [0.4, 0.5) is 4.79 Å². The van der Waals surface area contributed by atoms with Gasteiger partial charge in [0.1, 0.15) is 11.4 Å². The molecule has 1 unspecified atom stereocenters. The fourth-order valence-corrected chi connectivity index (χ4v) is 4.78. The molecule has 1 saturated heterocycles. The van der Waals surface area contributed by atoms with E-state index in [1.807, 2.05) is 36.4 Å². The summed E-state index contributed by atoms with van der Waals surface area (Å²) in [5.41, 5.74) is 8.05. The number of hydrogen-bond donors (Lipinski definition) is 2.